The van der Waals surface area contributed by atoms with Crippen LogP contribution in [-0.4, -0.2) is 51.0 Å². The van der Waals surface area contributed by atoms with Crippen LogP contribution in [0.25, 0.3) is 0 Å². The Morgan fingerprint density at radius 1 is 0.889 bits per heavy atom. The summed E-state index contributed by atoms with van der Waals surface area (Å²) in [5, 5.41) is 37.0. The number of carboxylic acids is 1. The van der Waals surface area contributed by atoms with Crippen LogP contribution in [0.15, 0.2) is 12.2 Å². The molecule has 0 saturated carbocycles. The van der Waals surface area contributed by atoms with Crippen LogP contribution in [0.3, 0.4) is 0 Å². The van der Waals surface area contributed by atoms with Crippen molar-refractivity contribution < 1.29 is 30.0 Å². The lowest BCUT2D eigenvalue weighted by Gasteiger charge is -2.14. The number of carboxylic acid groups (broad SMARTS) is 1. The molecule has 0 heterocycles. The van der Waals surface area contributed by atoms with E-state index in [1.165, 1.54) is 19.3 Å². The molecular formula is C21H38O6. The second kappa shape index (κ2) is 16.9. The van der Waals surface area contributed by atoms with Gasteiger partial charge in [0, 0.05) is 0 Å². The van der Waals surface area contributed by atoms with E-state index in [1.54, 1.807) is 0 Å². The number of allylic oxidation sites excluding steroid dienone is 1. The minimum atomic E-state index is -1.61. The topological polar surface area (TPSA) is 115 Å². The molecule has 27 heavy (non-hydrogen) atoms. The Morgan fingerprint density at radius 3 is 2.15 bits per heavy atom. The van der Waals surface area contributed by atoms with Gasteiger partial charge in [-0.3, -0.25) is 9.59 Å². The summed E-state index contributed by atoms with van der Waals surface area (Å²) in [5.74, 6) is -3.31. The molecule has 0 saturated heterocycles. The molecule has 0 aromatic heterocycles. The normalized spacial score (nSPS) is 15.0. The summed E-state index contributed by atoms with van der Waals surface area (Å²) in [4.78, 5) is 22.8. The molecule has 0 aliphatic heterocycles. The molecular weight excluding hydrogens is 348 g/mol. The number of hydrogen-bond acceptors (Lipinski definition) is 5. The van der Waals surface area contributed by atoms with E-state index >= 15 is 0 Å². The first-order valence-corrected chi connectivity index (χ1v) is 10.3. The van der Waals surface area contributed by atoms with Crippen LogP contribution in [0.4, 0.5) is 0 Å². The highest BCUT2D eigenvalue weighted by molar-refractivity contribution is 6.00. The van der Waals surface area contributed by atoms with Gasteiger partial charge in [0.2, 0.25) is 0 Å². The predicted octanol–water partition coefficient (Wildman–Crippen LogP) is 3.23. The third-order valence-corrected chi connectivity index (χ3v) is 4.72. The fraction of sp³-hybridized carbons (Fsp3) is 0.810. The van der Waals surface area contributed by atoms with Crippen molar-refractivity contribution in [2.45, 2.75) is 96.2 Å². The molecule has 2 unspecified atom stereocenters. The van der Waals surface area contributed by atoms with Gasteiger partial charge in [-0.1, -0.05) is 64.0 Å². The number of aliphatic carboxylic acids is 1. The van der Waals surface area contributed by atoms with Crippen molar-refractivity contribution in [1.29, 1.82) is 0 Å². The van der Waals surface area contributed by atoms with Crippen LogP contribution in [0.1, 0.15) is 84.0 Å². The maximum Gasteiger partial charge on any atom is 0.314 e. The van der Waals surface area contributed by atoms with Gasteiger partial charge in [0.15, 0.2) is 5.78 Å². The number of carbonyl (C=O) groups is 2. The highest BCUT2D eigenvalue weighted by Crippen LogP contribution is 2.15. The summed E-state index contributed by atoms with van der Waals surface area (Å²) >= 11 is 0. The van der Waals surface area contributed by atoms with Gasteiger partial charge < -0.3 is 20.4 Å². The quantitative estimate of drug-likeness (QED) is 0.163. The van der Waals surface area contributed by atoms with Crippen LogP contribution in [-0.2, 0) is 9.59 Å². The summed E-state index contributed by atoms with van der Waals surface area (Å²) in [6.07, 6.45) is 12.9. The molecule has 4 N–H and O–H groups in total. The van der Waals surface area contributed by atoms with E-state index in [-0.39, 0.29) is 12.5 Å². The molecule has 0 fully saturated rings. The van der Waals surface area contributed by atoms with E-state index in [4.69, 9.17) is 10.2 Å². The van der Waals surface area contributed by atoms with Crippen molar-refractivity contribution in [1.82, 2.24) is 0 Å². The highest BCUT2D eigenvalue weighted by atomic mass is 16.4. The standard InChI is InChI=1S/C21H38O6/c1-2-3-4-10-13-17(23)14-11-8-6-5-7-9-12-15-18(21(26)27)20(25)19(24)16-22/h8,11,17-19,22-24H,2-7,9-10,12-16H2,1H3,(H,26,27)/b11-8-/t17-,18?,19?/m1/s1. The SMILES string of the molecule is CCCCCC[C@@H](O)C/C=C\CCCCCCC(C(=O)O)C(=O)C(O)CO. The molecule has 0 spiro atoms. The van der Waals surface area contributed by atoms with Gasteiger partial charge in [-0.15, -0.1) is 0 Å². The molecule has 0 amide bonds. The molecule has 3 atom stereocenters. The Hall–Kier alpha value is -1.24. The number of hydrogen-bond donors (Lipinski definition) is 4. The average molecular weight is 387 g/mol. The molecule has 0 aromatic rings. The first-order valence-electron chi connectivity index (χ1n) is 10.3. The molecule has 0 aliphatic rings. The van der Waals surface area contributed by atoms with Crippen LogP contribution < -0.4 is 0 Å². The van der Waals surface area contributed by atoms with Gasteiger partial charge in [-0.05, 0) is 32.1 Å². The molecule has 0 radical (unpaired) electrons. The zero-order valence-corrected chi connectivity index (χ0v) is 16.7. The summed E-state index contributed by atoms with van der Waals surface area (Å²) in [6.45, 7) is 1.42. The predicted molar refractivity (Wildman–Crippen MR) is 105 cm³/mol. The number of rotatable bonds is 18. The molecule has 0 aromatic carbocycles. The van der Waals surface area contributed by atoms with Crippen molar-refractivity contribution in [2.75, 3.05) is 6.61 Å². The van der Waals surface area contributed by atoms with Crippen LogP contribution in [0.2, 0.25) is 0 Å². The Morgan fingerprint density at radius 2 is 1.52 bits per heavy atom. The second-order valence-electron chi connectivity index (χ2n) is 7.19. The lowest BCUT2D eigenvalue weighted by Crippen LogP contribution is -2.35. The van der Waals surface area contributed by atoms with E-state index < -0.39 is 30.4 Å². The summed E-state index contributed by atoms with van der Waals surface area (Å²) in [6, 6.07) is 0. The number of aliphatic hydroxyl groups is 3. The van der Waals surface area contributed by atoms with Crippen molar-refractivity contribution in [3.63, 3.8) is 0 Å². The monoisotopic (exact) mass is 386 g/mol. The third kappa shape index (κ3) is 13.6. The van der Waals surface area contributed by atoms with Crippen molar-refractivity contribution in [3.8, 4) is 0 Å². The summed E-state index contributed by atoms with van der Waals surface area (Å²) in [5.41, 5.74) is 0. The zero-order chi connectivity index (χ0) is 20.5. The number of aliphatic hydroxyl groups excluding tert-OH is 3. The van der Waals surface area contributed by atoms with E-state index in [0.717, 1.165) is 38.5 Å². The maximum atomic E-state index is 11.7. The fourth-order valence-corrected chi connectivity index (χ4v) is 2.97. The van der Waals surface area contributed by atoms with Gasteiger partial charge >= 0.3 is 5.97 Å². The first-order chi connectivity index (χ1) is 12.9. The van der Waals surface area contributed by atoms with Gasteiger partial charge in [0.1, 0.15) is 12.0 Å². The van der Waals surface area contributed by atoms with E-state index in [1.807, 2.05) is 6.08 Å². The molecule has 0 rings (SSSR count). The van der Waals surface area contributed by atoms with Crippen LogP contribution >= 0.6 is 0 Å². The van der Waals surface area contributed by atoms with E-state index in [9.17, 15) is 19.8 Å². The lowest BCUT2D eigenvalue weighted by molar-refractivity contribution is -0.150. The number of carbonyl (C=O) groups excluding carboxylic acids is 1. The average Bonchev–Trinajstić information content (AvgIpc) is 2.65. The molecule has 0 bridgehead atoms. The fourth-order valence-electron chi connectivity index (χ4n) is 2.97. The van der Waals surface area contributed by atoms with Crippen LogP contribution in [0, 0.1) is 5.92 Å². The largest absolute Gasteiger partial charge is 0.481 e. The Bertz CT molecular complexity index is 421. The Labute approximate surface area is 163 Å². The molecule has 158 valence electrons. The van der Waals surface area contributed by atoms with E-state index in [2.05, 4.69) is 13.0 Å². The molecule has 6 nitrogen and oxygen atoms in total. The Balaban J connectivity index is 3.75. The van der Waals surface area contributed by atoms with Gasteiger partial charge in [-0.25, -0.2) is 0 Å². The van der Waals surface area contributed by atoms with Gasteiger partial charge in [-0.2, -0.15) is 0 Å². The minimum Gasteiger partial charge on any atom is -0.481 e. The second-order valence-corrected chi connectivity index (χ2v) is 7.19. The van der Waals surface area contributed by atoms with Gasteiger partial charge in [0.05, 0.1) is 12.7 Å². The molecule has 6 heteroatoms. The summed E-state index contributed by atoms with van der Waals surface area (Å²) < 4.78 is 0. The smallest absolute Gasteiger partial charge is 0.314 e. The lowest BCUT2D eigenvalue weighted by atomic mass is 9.93. The first kappa shape index (κ1) is 25.8. The van der Waals surface area contributed by atoms with Crippen molar-refractivity contribution in [2.24, 2.45) is 5.92 Å². The number of unbranched alkanes of at least 4 members (excludes halogenated alkanes) is 7. The zero-order valence-electron chi connectivity index (χ0n) is 16.7. The van der Waals surface area contributed by atoms with Crippen molar-refractivity contribution >= 4 is 11.8 Å². The molecule has 0 aliphatic carbocycles. The number of ketones is 1. The maximum absolute atomic E-state index is 11.7. The van der Waals surface area contributed by atoms with Gasteiger partial charge in [0.25, 0.3) is 0 Å². The Kier molecular flexibility index (Phi) is 16.1. The summed E-state index contributed by atoms with van der Waals surface area (Å²) in [7, 11) is 0. The van der Waals surface area contributed by atoms with Crippen LogP contribution in [0.5, 0.6) is 0 Å². The third-order valence-electron chi connectivity index (χ3n) is 4.72. The highest BCUT2D eigenvalue weighted by Gasteiger charge is 2.30. The van der Waals surface area contributed by atoms with Crippen molar-refractivity contribution in [3.05, 3.63) is 12.2 Å². The number of Topliss-reactive ketones (excluding diaryl/α,β-unsaturated/α-hetero) is 1. The van der Waals surface area contributed by atoms with E-state index in [0.29, 0.717) is 12.8 Å². The minimum absolute atomic E-state index is 0.186.